The summed E-state index contributed by atoms with van der Waals surface area (Å²) < 4.78 is 28.1. The molecule has 102 valence electrons. The van der Waals surface area contributed by atoms with Crippen LogP contribution in [0.4, 0.5) is 0 Å². The summed E-state index contributed by atoms with van der Waals surface area (Å²) in [6, 6.07) is 7.25. The highest BCUT2D eigenvalue weighted by Gasteiger charge is 2.13. The lowest BCUT2D eigenvalue weighted by atomic mass is 10.3. The number of aryl methyl sites for hydroxylation is 1. The van der Waals surface area contributed by atoms with Crippen molar-refractivity contribution in [3.63, 3.8) is 0 Å². The molecule has 0 aliphatic rings. The molecule has 19 heavy (non-hydrogen) atoms. The zero-order chi connectivity index (χ0) is 13.9. The van der Waals surface area contributed by atoms with Crippen LogP contribution in [0, 0.1) is 0 Å². The van der Waals surface area contributed by atoms with Crippen molar-refractivity contribution in [1.29, 1.82) is 0 Å². The SMILES string of the molecule is Cn1nccc1CCNS(=O)(=O)c1ccc(O)cc1. The molecular weight excluding hydrogens is 266 g/mol. The zero-order valence-corrected chi connectivity index (χ0v) is 11.3. The summed E-state index contributed by atoms with van der Waals surface area (Å²) in [5, 5.41) is 13.1. The Balaban J connectivity index is 1.98. The van der Waals surface area contributed by atoms with Crippen molar-refractivity contribution in [3.05, 3.63) is 42.2 Å². The Hall–Kier alpha value is -1.86. The second-order valence-corrected chi connectivity index (χ2v) is 5.85. The number of aromatic hydroxyl groups is 1. The molecule has 0 amide bonds. The third-order valence-corrected chi connectivity index (χ3v) is 4.22. The fraction of sp³-hybridized carbons (Fsp3) is 0.250. The van der Waals surface area contributed by atoms with Gasteiger partial charge in [0.25, 0.3) is 0 Å². The largest absolute Gasteiger partial charge is 0.508 e. The predicted molar refractivity (Wildman–Crippen MR) is 70.2 cm³/mol. The van der Waals surface area contributed by atoms with E-state index >= 15 is 0 Å². The van der Waals surface area contributed by atoms with Gasteiger partial charge in [0.1, 0.15) is 5.75 Å². The summed E-state index contributed by atoms with van der Waals surface area (Å²) in [5.74, 6) is 0.0360. The second kappa shape index (κ2) is 5.41. The first-order valence-corrected chi connectivity index (χ1v) is 7.23. The van der Waals surface area contributed by atoms with E-state index in [-0.39, 0.29) is 10.6 Å². The lowest BCUT2D eigenvalue weighted by Crippen LogP contribution is -2.26. The first-order chi connectivity index (χ1) is 8.99. The first-order valence-electron chi connectivity index (χ1n) is 5.74. The zero-order valence-electron chi connectivity index (χ0n) is 10.4. The second-order valence-electron chi connectivity index (χ2n) is 4.09. The third-order valence-electron chi connectivity index (χ3n) is 2.74. The third kappa shape index (κ3) is 3.33. The van der Waals surface area contributed by atoms with E-state index in [1.165, 1.54) is 24.3 Å². The number of benzene rings is 1. The van der Waals surface area contributed by atoms with Gasteiger partial charge in [0.2, 0.25) is 10.0 Å². The van der Waals surface area contributed by atoms with Gasteiger partial charge in [-0.3, -0.25) is 4.68 Å². The van der Waals surface area contributed by atoms with E-state index in [4.69, 9.17) is 5.11 Å². The van der Waals surface area contributed by atoms with E-state index in [2.05, 4.69) is 9.82 Å². The van der Waals surface area contributed by atoms with E-state index in [1.54, 1.807) is 10.9 Å². The number of phenolic OH excluding ortho intramolecular Hbond substituents is 1. The Bertz CT molecular complexity index is 647. The highest BCUT2D eigenvalue weighted by Crippen LogP contribution is 2.14. The molecule has 0 fully saturated rings. The van der Waals surface area contributed by atoms with Crippen molar-refractivity contribution in [3.8, 4) is 5.75 Å². The van der Waals surface area contributed by atoms with Crippen LogP contribution in [-0.2, 0) is 23.5 Å². The minimum Gasteiger partial charge on any atom is -0.508 e. The Morgan fingerprint density at radius 3 is 2.53 bits per heavy atom. The maximum atomic E-state index is 11.9. The van der Waals surface area contributed by atoms with Crippen molar-refractivity contribution < 1.29 is 13.5 Å². The van der Waals surface area contributed by atoms with Crippen molar-refractivity contribution in [2.75, 3.05) is 6.54 Å². The van der Waals surface area contributed by atoms with E-state index in [0.717, 1.165) is 5.69 Å². The topological polar surface area (TPSA) is 84.2 Å². The molecule has 7 heteroatoms. The maximum Gasteiger partial charge on any atom is 0.240 e. The monoisotopic (exact) mass is 281 g/mol. The van der Waals surface area contributed by atoms with Crippen LogP contribution in [0.25, 0.3) is 0 Å². The lowest BCUT2D eigenvalue weighted by molar-refractivity contribution is 0.474. The molecule has 6 nitrogen and oxygen atoms in total. The quantitative estimate of drug-likeness (QED) is 0.842. The summed E-state index contributed by atoms with van der Waals surface area (Å²) >= 11 is 0. The molecule has 2 aromatic rings. The first kappa shape index (κ1) is 13.6. The molecule has 0 aliphatic heterocycles. The van der Waals surface area contributed by atoms with Crippen LogP contribution in [0.15, 0.2) is 41.4 Å². The number of aromatic nitrogens is 2. The molecule has 1 aromatic heterocycles. The summed E-state index contributed by atoms with van der Waals surface area (Å²) in [4.78, 5) is 0.135. The number of hydrogen-bond acceptors (Lipinski definition) is 4. The summed E-state index contributed by atoms with van der Waals surface area (Å²) in [6.07, 6.45) is 2.23. The number of phenols is 1. The van der Waals surface area contributed by atoms with Crippen LogP contribution in [0.5, 0.6) is 5.75 Å². The van der Waals surface area contributed by atoms with Crippen molar-refractivity contribution in [2.45, 2.75) is 11.3 Å². The van der Waals surface area contributed by atoms with E-state index < -0.39 is 10.0 Å². The van der Waals surface area contributed by atoms with Gasteiger partial charge < -0.3 is 5.11 Å². The number of rotatable bonds is 5. The van der Waals surface area contributed by atoms with Crippen LogP contribution in [0.3, 0.4) is 0 Å². The average molecular weight is 281 g/mol. The number of hydrogen-bond donors (Lipinski definition) is 2. The van der Waals surface area contributed by atoms with Gasteiger partial charge in [0.05, 0.1) is 4.90 Å². The van der Waals surface area contributed by atoms with Gasteiger partial charge in [-0.1, -0.05) is 0 Å². The van der Waals surface area contributed by atoms with Gasteiger partial charge in [0.15, 0.2) is 0 Å². The van der Waals surface area contributed by atoms with Gasteiger partial charge in [-0.05, 0) is 30.3 Å². The normalized spacial score (nSPS) is 11.6. The Labute approximate surface area is 111 Å². The van der Waals surface area contributed by atoms with Gasteiger partial charge >= 0.3 is 0 Å². The van der Waals surface area contributed by atoms with Crippen molar-refractivity contribution >= 4 is 10.0 Å². The summed E-state index contributed by atoms with van der Waals surface area (Å²) in [6.45, 7) is 0.294. The number of nitrogens with one attached hydrogen (secondary N) is 1. The van der Waals surface area contributed by atoms with Crippen LogP contribution in [0.2, 0.25) is 0 Å². The molecule has 0 spiro atoms. The smallest absolute Gasteiger partial charge is 0.240 e. The Morgan fingerprint density at radius 1 is 1.26 bits per heavy atom. The molecular formula is C12H15N3O3S. The van der Waals surface area contributed by atoms with Crippen LogP contribution in [-0.4, -0.2) is 29.8 Å². The molecule has 0 aliphatic carbocycles. The molecule has 2 rings (SSSR count). The lowest BCUT2D eigenvalue weighted by Gasteiger charge is -2.07. The molecule has 0 atom stereocenters. The minimum absolute atomic E-state index is 0.0360. The van der Waals surface area contributed by atoms with Crippen molar-refractivity contribution in [1.82, 2.24) is 14.5 Å². The molecule has 1 heterocycles. The minimum atomic E-state index is -3.53. The molecule has 0 unspecified atom stereocenters. The van der Waals surface area contributed by atoms with Gasteiger partial charge in [-0.2, -0.15) is 5.10 Å². The fourth-order valence-electron chi connectivity index (χ4n) is 1.67. The Morgan fingerprint density at radius 2 is 1.95 bits per heavy atom. The molecule has 0 radical (unpaired) electrons. The highest BCUT2D eigenvalue weighted by molar-refractivity contribution is 7.89. The Kier molecular flexibility index (Phi) is 3.87. The maximum absolute atomic E-state index is 11.9. The van der Waals surface area contributed by atoms with Gasteiger partial charge in [-0.25, -0.2) is 13.1 Å². The summed E-state index contributed by atoms with van der Waals surface area (Å²) in [5.41, 5.74) is 0.952. The van der Waals surface area contributed by atoms with E-state index in [0.29, 0.717) is 13.0 Å². The number of nitrogens with zero attached hydrogens (tertiary/aromatic N) is 2. The molecule has 0 saturated carbocycles. The van der Waals surface area contributed by atoms with E-state index in [9.17, 15) is 8.42 Å². The highest BCUT2D eigenvalue weighted by atomic mass is 32.2. The predicted octanol–water partition coefficient (Wildman–Crippen LogP) is 0.647. The van der Waals surface area contributed by atoms with Crippen molar-refractivity contribution in [2.24, 2.45) is 7.05 Å². The average Bonchev–Trinajstić information content (AvgIpc) is 2.75. The van der Waals surface area contributed by atoms with Crippen LogP contribution in [0.1, 0.15) is 5.69 Å². The summed E-state index contributed by atoms with van der Waals surface area (Å²) in [7, 11) is -1.72. The molecule has 1 aromatic carbocycles. The molecule has 0 bridgehead atoms. The number of sulfonamides is 1. The fourth-order valence-corrected chi connectivity index (χ4v) is 2.70. The van der Waals surface area contributed by atoms with Gasteiger partial charge in [0, 0.05) is 31.9 Å². The molecule has 0 saturated heterocycles. The van der Waals surface area contributed by atoms with Gasteiger partial charge in [-0.15, -0.1) is 0 Å². The molecule has 2 N–H and O–H groups in total. The van der Waals surface area contributed by atoms with E-state index in [1.807, 2.05) is 13.1 Å². The van der Waals surface area contributed by atoms with Crippen LogP contribution < -0.4 is 4.72 Å². The van der Waals surface area contributed by atoms with Crippen LogP contribution >= 0.6 is 0 Å². The standard InChI is InChI=1S/C12H15N3O3S/c1-15-10(6-8-13-15)7-9-14-19(17,18)12-4-2-11(16)3-5-12/h2-6,8,14,16H,7,9H2,1H3.